The standard InChI is InChI=1S/C6H10O3/c1-5(2)3-4-9-6(7)8/h1,3-4H2,2H3,(H,7,8). The van der Waals surface area contributed by atoms with Crippen molar-refractivity contribution in [3.63, 3.8) is 0 Å². The Kier molecular flexibility index (Phi) is 3.51. The summed E-state index contributed by atoms with van der Waals surface area (Å²) in [6.07, 6.45) is -0.622. The molecule has 0 unspecified atom stereocenters. The van der Waals surface area contributed by atoms with Gasteiger partial charge in [0, 0.05) is 6.42 Å². The van der Waals surface area contributed by atoms with E-state index in [1.54, 1.807) is 0 Å². The van der Waals surface area contributed by atoms with Gasteiger partial charge in [0.05, 0.1) is 6.61 Å². The minimum Gasteiger partial charge on any atom is -0.450 e. The Hall–Kier alpha value is -0.990. The lowest BCUT2D eigenvalue weighted by Gasteiger charge is -1.97. The molecule has 0 aliphatic carbocycles. The van der Waals surface area contributed by atoms with Crippen LogP contribution in [0.4, 0.5) is 4.79 Å². The molecular weight excluding hydrogens is 120 g/mol. The normalized spacial score (nSPS) is 8.56. The Labute approximate surface area is 53.9 Å². The average Bonchev–Trinajstić information content (AvgIpc) is 1.63. The van der Waals surface area contributed by atoms with Gasteiger partial charge < -0.3 is 9.84 Å². The molecule has 3 nitrogen and oxygen atoms in total. The van der Waals surface area contributed by atoms with E-state index in [9.17, 15) is 4.79 Å². The van der Waals surface area contributed by atoms with Crippen molar-refractivity contribution >= 4 is 6.16 Å². The fourth-order valence-corrected chi connectivity index (χ4v) is 0.313. The van der Waals surface area contributed by atoms with E-state index in [-0.39, 0.29) is 6.61 Å². The smallest absolute Gasteiger partial charge is 0.450 e. The summed E-state index contributed by atoms with van der Waals surface area (Å²) in [6.45, 7) is 5.62. The fraction of sp³-hybridized carbons (Fsp3) is 0.500. The van der Waals surface area contributed by atoms with Crippen LogP contribution in [0.2, 0.25) is 0 Å². The van der Waals surface area contributed by atoms with Gasteiger partial charge in [-0.2, -0.15) is 0 Å². The van der Waals surface area contributed by atoms with Crippen LogP contribution in [-0.4, -0.2) is 17.9 Å². The van der Waals surface area contributed by atoms with Crippen LogP contribution in [0.5, 0.6) is 0 Å². The summed E-state index contributed by atoms with van der Waals surface area (Å²) in [7, 11) is 0. The maximum atomic E-state index is 9.73. The quantitative estimate of drug-likeness (QED) is 0.466. The minimum atomic E-state index is -1.23. The summed E-state index contributed by atoms with van der Waals surface area (Å²) in [5.74, 6) is 0. The van der Waals surface area contributed by atoms with Crippen LogP contribution < -0.4 is 0 Å². The molecule has 0 saturated heterocycles. The van der Waals surface area contributed by atoms with Gasteiger partial charge in [0.1, 0.15) is 0 Å². The van der Waals surface area contributed by atoms with Crippen LogP contribution in [0, 0.1) is 0 Å². The van der Waals surface area contributed by atoms with Gasteiger partial charge >= 0.3 is 6.16 Å². The largest absolute Gasteiger partial charge is 0.505 e. The SMILES string of the molecule is C=C(C)CCOC(=O)O. The molecule has 0 heterocycles. The molecule has 0 amide bonds. The van der Waals surface area contributed by atoms with Crippen molar-refractivity contribution in [3.8, 4) is 0 Å². The third-order valence-electron chi connectivity index (χ3n) is 0.754. The summed E-state index contributed by atoms with van der Waals surface area (Å²) in [4.78, 5) is 9.73. The predicted octanol–water partition coefficient (Wildman–Crippen LogP) is 1.65. The van der Waals surface area contributed by atoms with Gasteiger partial charge in [-0.3, -0.25) is 0 Å². The molecule has 1 N–H and O–H groups in total. The zero-order valence-electron chi connectivity index (χ0n) is 5.39. The van der Waals surface area contributed by atoms with Crippen molar-refractivity contribution in [2.75, 3.05) is 6.61 Å². The zero-order chi connectivity index (χ0) is 7.28. The lowest BCUT2D eigenvalue weighted by atomic mass is 10.3. The lowest BCUT2D eigenvalue weighted by molar-refractivity contribution is 0.0927. The maximum Gasteiger partial charge on any atom is 0.505 e. The molecule has 0 saturated carbocycles. The highest BCUT2D eigenvalue weighted by molar-refractivity contribution is 5.56. The zero-order valence-corrected chi connectivity index (χ0v) is 5.39. The second kappa shape index (κ2) is 3.95. The molecule has 0 aliphatic rings. The molecule has 3 heteroatoms. The predicted molar refractivity (Wildman–Crippen MR) is 33.4 cm³/mol. The second-order valence-electron chi connectivity index (χ2n) is 1.82. The first-order valence-electron chi connectivity index (χ1n) is 2.63. The number of hydrogen-bond acceptors (Lipinski definition) is 2. The van der Waals surface area contributed by atoms with Crippen molar-refractivity contribution in [1.29, 1.82) is 0 Å². The van der Waals surface area contributed by atoms with E-state index in [0.717, 1.165) is 5.57 Å². The van der Waals surface area contributed by atoms with Crippen LogP contribution in [0.15, 0.2) is 12.2 Å². The van der Waals surface area contributed by atoms with Crippen LogP contribution in [0.3, 0.4) is 0 Å². The molecule has 0 aromatic rings. The van der Waals surface area contributed by atoms with Crippen molar-refractivity contribution in [1.82, 2.24) is 0 Å². The molecule has 0 bridgehead atoms. The third kappa shape index (κ3) is 7.01. The second-order valence-corrected chi connectivity index (χ2v) is 1.82. The summed E-state index contributed by atoms with van der Waals surface area (Å²) >= 11 is 0. The molecular formula is C6H10O3. The van der Waals surface area contributed by atoms with Gasteiger partial charge in [-0.25, -0.2) is 4.79 Å². The van der Waals surface area contributed by atoms with Gasteiger partial charge in [0.25, 0.3) is 0 Å². The Morgan fingerprint density at radius 1 is 1.78 bits per heavy atom. The first kappa shape index (κ1) is 8.01. The molecule has 0 rings (SSSR count). The molecule has 52 valence electrons. The topological polar surface area (TPSA) is 46.5 Å². The number of hydrogen-bond donors (Lipinski definition) is 1. The number of rotatable bonds is 3. The van der Waals surface area contributed by atoms with Gasteiger partial charge in [-0.15, -0.1) is 6.58 Å². The summed E-state index contributed by atoms with van der Waals surface area (Å²) in [6, 6.07) is 0. The first-order valence-corrected chi connectivity index (χ1v) is 2.63. The van der Waals surface area contributed by atoms with E-state index in [4.69, 9.17) is 5.11 Å². The Balaban J connectivity index is 3.10. The van der Waals surface area contributed by atoms with E-state index in [0.29, 0.717) is 6.42 Å². The molecule has 0 atom stereocenters. The van der Waals surface area contributed by atoms with Crippen molar-refractivity contribution in [2.45, 2.75) is 13.3 Å². The molecule has 9 heavy (non-hydrogen) atoms. The fourth-order valence-electron chi connectivity index (χ4n) is 0.313. The van der Waals surface area contributed by atoms with E-state index in [1.807, 2.05) is 6.92 Å². The van der Waals surface area contributed by atoms with Crippen LogP contribution >= 0.6 is 0 Å². The molecule has 0 fully saturated rings. The van der Waals surface area contributed by atoms with Crippen LogP contribution in [0.25, 0.3) is 0 Å². The third-order valence-corrected chi connectivity index (χ3v) is 0.754. The van der Waals surface area contributed by atoms with Gasteiger partial charge in [-0.1, -0.05) is 5.57 Å². The monoisotopic (exact) mass is 130 g/mol. The lowest BCUT2D eigenvalue weighted by Crippen LogP contribution is -2.01. The highest BCUT2D eigenvalue weighted by Gasteiger charge is 1.93. The number of carboxylic acid groups (broad SMARTS) is 1. The Morgan fingerprint density at radius 2 is 2.33 bits per heavy atom. The highest BCUT2D eigenvalue weighted by atomic mass is 16.7. The average molecular weight is 130 g/mol. The molecule has 0 spiro atoms. The van der Waals surface area contributed by atoms with Crippen molar-refractivity contribution in [3.05, 3.63) is 12.2 Å². The van der Waals surface area contributed by atoms with Gasteiger partial charge in [-0.05, 0) is 6.92 Å². The van der Waals surface area contributed by atoms with Crippen LogP contribution in [0.1, 0.15) is 13.3 Å². The molecule has 0 aromatic carbocycles. The summed E-state index contributed by atoms with van der Waals surface area (Å²) in [5.41, 5.74) is 0.927. The van der Waals surface area contributed by atoms with Gasteiger partial charge in [0.15, 0.2) is 0 Å². The van der Waals surface area contributed by atoms with E-state index in [2.05, 4.69) is 11.3 Å². The molecule has 0 aromatic heterocycles. The van der Waals surface area contributed by atoms with E-state index < -0.39 is 6.16 Å². The Bertz CT molecular complexity index is 103. The Morgan fingerprint density at radius 3 is 2.67 bits per heavy atom. The highest BCUT2D eigenvalue weighted by Crippen LogP contribution is 1.94. The summed E-state index contributed by atoms with van der Waals surface area (Å²) in [5, 5.41) is 7.97. The molecule has 0 aliphatic heterocycles. The van der Waals surface area contributed by atoms with Crippen molar-refractivity contribution < 1.29 is 14.6 Å². The van der Waals surface area contributed by atoms with Gasteiger partial charge in [0.2, 0.25) is 0 Å². The van der Waals surface area contributed by atoms with E-state index in [1.165, 1.54) is 0 Å². The number of carbonyl (C=O) groups is 1. The van der Waals surface area contributed by atoms with E-state index >= 15 is 0 Å². The van der Waals surface area contributed by atoms with Crippen LogP contribution in [-0.2, 0) is 4.74 Å². The van der Waals surface area contributed by atoms with Crippen molar-refractivity contribution in [2.24, 2.45) is 0 Å². The summed E-state index contributed by atoms with van der Waals surface area (Å²) < 4.78 is 4.21. The number of ether oxygens (including phenoxy) is 1. The first-order chi connectivity index (χ1) is 4.13. The minimum absolute atomic E-state index is 0.213. The molecule has 0 radical (unpaired) electrons. The maximum absolute atomic E-state index is 9.73.